The fraction of sp³-hybridized carbons (Fsp3) is 0.750. The molecule has 1 aliphatic heterocycles. The molecule has 0 atom stereocenters. The Morgan fingerprint density at radius 2 is 2.07 bits per heavy atom. The summed E-state index contributed by atoms with van der Waals surface area (Å²) >= 11 is 0. The fourth-order valence-electron chi connectivity index (χ4n) is 2.01. The number of rotatable bonds is 5. The van der Waals surface area contributed by atoms with Crippen LogP contribution in [0, 0.1) is 5.92 Å². The molecular formula is C12H21NO2. The van der Waals surface area contributed by atoms with Gasteiger partial charge in [0.1, 0.15) is 0 Å². The molecule has 0 amide bonds. The van der Waals surface area contributed by atoms with Crippen molar-refractivity contribution in [2.24, 2.45) is 5.92 Å². The molecule has 1 heterocycles. The molecule has 1 aliphatic rings. The van der Waals surface area contributed by atoms with Gasteiger partial charge in [-0.2, -0.15) is 0 Å². The van der Waals surface area contributed by atoms with Crippen LogP contribution in [0.15, 0.2) is 12.2 Å². The Balaban J connectivity index is 2.13. The van der Waals surface area contributed by atoms with E-state index in [-0.39, 0.29) is 6.42 Å². The highest BCUT2D eigenvalue weighted by molar-refractivity contribution is 5.68. The van der Waals surface area contributed by atoms with Crippen molar-refractivity contribution in [3.05, 3.63) is 12.2 Å². The van der Waals surface area contributed by atoms with Crippen LogP contribution >= 0.6 is 0 Å². The second-order valence-electron chi connectivity index (χ2n) is 4.18. The third kappa shape index (κ3) is 4.98. The number of allylic oxidation sites excluding steroid dienone is 1. The quantitative estimate of drug-likeness (QED) is 0.708. The van der Waals surface area contributed by atoms with Crippen LogP contribution in [0.5, 0.6) is 0 Å². The second kappa shape index (κ2) is 6.62. The van der Waals surface area contributed by atoms with E-state index in [1.54, 1.807) is 6.08 Å². The van der Waals surface area contributed by atoms with Crippen LogP contribution in [0.3, 0.4) is 0 Å². The van der Waals surface area contributed by atoms with E-state index in [4.69, 9.17) is 5.11 Å². The van der Waals surface area contributed by atoms with Crippen molar-refractivity contribution in [2.45, 2.75) is 32.6 Å². The maximum atomic E-state index is 10.3. The predicted molar refractivity (Wildman–Crippen MR) is 60.8 cm³/mol. The van der Waals surface area contributed by atoms with E-state index in [9.17, 15) is 4.79 Å². The first-order valence-corrected chi connectivity index (χ1v) is 5.81. The van der Waals surface area contributed by atoms with Crippen molar-refractivity contribution in [2.75, 3.05) is 19.6 Å². The van der Waals surface area contributed by atoms with Gasteiger partial charge in [-0.3, -0.25) is 4.79 Å². The van der Waals surface area contributed by atoms with Gasteiger partial charge in [0.15, 0.2) is 0 Å². The summed E-state index contributed by atoms with van der Waals surface area (Å²) in [6.45, 7) is 5.76. The minimum absolute atomic E-state index is 0.161. The molecule has 0 radical (unpaired) electrons. The summed E-state index contributed by atoms with van der Waals surface area (Å²) in [5.74, 6) is 0.0184. The summed E-state index contributed by atoms with van der Waals surface area (Å²) in [7, 11) is 0. The molecule has 0 aliphatic carbocycles. The number of carboxylic acids is 1. The number of carboxylic acid groups (broad SMARTS) is 1. The van der Waals surface area contributed by atoms with Crippen LogP contribution in [0.2, 0.25) is 0 Å². The Morgan fingerprint density at radius 3 is 2.60 bits per heavy atom. The van der Waals surface area contributed by atoms with Crippen molar-refractivity contribution < 1.29 is 9.90 Å². The molecule has 0 spiro atoms. The van der Waals surface area contributed by atoms with Gasteiger partial charge in [0.25, 0.3) is 0 Å². The number of piperidine rings is 1. The Morgan fingerprint density at radius 1 is 1.40 bits per heavy atom. The van der Waals surface area contributed by atoms with Crippen LogP contribution in [-0.2, 0) is 4.79 Å². The average Bonchev–Trinajstić information content (AvgIpc) is 2.25. The van der Waals surface area contributed by atoms with E-state index in [0.29, 0.717) is 0 Å². The van der Waals surface area contributed by atoms with Gasteiger partial charge >= 0.3 is 5.97 Å². The second-order valence-corrected chi connectivity index (χ2v) is 4.18. The highest BCUT2D eigenvalue weighted by Crippen LogP contribution is 2.20. The zero-order valence-corrected chi connectivity index (χ0v) is 9.48. The topological polar surface area (TPSA) is 40.5 Å². The molecule has 86 valence electrons. The first-order valence-electron chi connectivity index (χ1n) is 5.81. The molecule has 15 heavy (non-hydrogen) atoms. The van der Waals surface area contributed by atoms with Crippen LogP contribution in [-0.4, -0.2) is 35.6 Å². The van der Waals surface area contributed by atoms with Gasteiger partial charge in [-0.25, -0.2) is 0 Å². The Hall–Kier alpha value is -0.830. The Bertz CT molecular complexity index is 218. The van der Waals surface area contributed by atoms with Gasteiger partial charge < -0.3 is 10.0 Å². The highest BCUT2D eigenvalue weighted by Gasteiger charge is 2.16. The highest BCUT2D eigenvalue weighted by atomic mass is 16.4. The van der Waals surface area contributed by atoms with Gasteiger partial charge in [-0.1, -0.05) is 19.1 Å². The van der Waals surface area contributed by atoms with Crippen molar-refractivity contribution >= 4 is 5.97 Å². The standard InChI is InChI=1S/C12H21NO2/c1-2-13-9-7-11(8-10-13)5-3-4-6-12(14)15/h3-4,11H,2,5-10H2,1H3,(H,14,15)/b4-3-. The van der Waals surface area contributed by atoms with Gasteiger partial charge in [0.2, 0.25) is 0 Å². The Labute approximate surface area is 91.8 Å². The number of hydrogen-bond donors (Lipinski definition) is 1. The molecule has 3 heteroatoms. The summed E-state index contributed by atoms with van der Waals surface area (Å²) in [5.41, 5.74) is 0. The van der Waals surface area contributed by atoms with Gasteiger partial charge in [-0.05, 0) is 44.8 Å². The normalized spacial score (nSPS) is 19.8. The summed E-state index contributed by atoms with van der Waals surface area (Å²) < 4.78 is 0. The maximum Gasteiger partial charge on any atom is 0.307 e. The molecule has 1 fully saturated rings. The number of aliphatic carboxylic acids is 1. The summed E-state index contributed by atoms with van der Waals surface area (Å²) in [4.78, 5) is 12.7. The lowest BCUT2D eigenvalue weighted by molar-refractivity contribution is -0.136. The molecule has 0 saturated carbocycles. The van der Waals surface area contributed by atoms with Crippen LogP contribution in [0.1, 0.15) is 32.6 Å². The lowest BCUT2D eigenvalue weighted by Crippen LogP contribution is -2.33. The van der Waals surface area contributed by atoms with E-state index < -0.39 is 5.97 Å². The molecule has 0 aromatic carbocycles. The van der Waals surface area contributed by atoms with Crippen molar-refractivity contribution in [3.8, 4) is 0 Å². The largest absolute Gasteiger partial charge is 0.481 e. The van der Waals surface area contributed by atoms with Crippen molar-refractivity contribution in [1.82, 2.24) is 4.90 Å². The third-order valence-electron chi connectivity index (χ3n) is 3.08. The lowest BCUT2D eigenvalue weighted by Gasteiger charge is -2.30. The molecule has 0 aromatic heterocycles. The van der Waals surface area contributed by atoms with E-state index in [1.165, 1.54) is 25.9 Å². The van der Waals surface area contributed by atoms with Gasteiger partial charge in [0.05, 0.1) is 6.42 Å². The molecule has 1 N–H and O–H groups in total. The maximum absolute atomic E-state index is 10.3. The Kier molecular flexibility index (Phi) is 5.40. The summed E-state index contributed by atoms with van der Waals surface area (Å²) in [5, 5.41) is 8.46. The smallest absolute Gasteiger partial charge is 0.307 e. The van der Waals surface area contributed by atoms with Crippen molar-refractivity contribution in [1.29, 1.82) is 0 Å². The third-order valence-corrected chi connectivity index (χ3v) is 3.08. The first kappa shape index (κ1) is 12.2. The van der Waals surface area contributed by atoms with E-state index in [1.807, 2.05) is 6.08 Å². The fourth-order valence-corrected chi connectivity index (χ4v) is 2.01. The first-order chi connectivity index (χ1) is 7.22. The predicted octanol–water partition coefficient (Wildman–Crippen LogP) is 2.14. The van der Waals surface area contributed by atoms with Crippen LogP contribution in [0.25, 0.3) is 0 Å². The number of nitrogens with zero attached hydrogens (tertiary/aromatic N) is 1. The molecule has 0 bridgehead atoms. The average molecular weight is 211 g/mol. The zero-order chi connectivity index (χ0) is 11.1. The molecule has 0 aromatic rings. The van der Waals surface area contributed by atoms with Crippen LogP contribution in [0.4, 0.5) is 0 Å². The molecule has 1 saturated heterocycles. The molecular weight excluding hydrogens is 190 g/mol. The summed E-state index contributed by atoms with van der Waals surface area (Å²) in [6, 6.07) is 0. The lowest BCUT2D eigenvalue weighted by atomic mass is 9.93. The molecule has 3 nitrogen and oxygen atoms in total. The number of likely N-dealkylation sites (tertiary alicyclic amines) is 1. The zero-order valence-electron chi connectivity index (χ0n) is 9.48. The van der Waals surface area contributed by atoms with Crippen molar-refractivity contribution in [3.63, 3.8) is 0 Å². The van der Waals surface area contributed by atoms with Crippen LogP contribution < -0.4 is 0 Å². The minimum Gasteiger partial charge on any atom is -0.481 e. The van der Waals surface area contributed by atoms with Gasteiger partial charge in [0, 0.05) is 0 Å². The SMILES string of the molecule is CCN1CCC(C/C=C\CC(=O)O)CC1. The molecule has 0 unspecified atom stereocenters. The van der Waals surface area contributed by atoms with E-state index in [0.717, 1.165) is 18.9 Å². The molecule has 1 rings (SSSR count). The van der Waals surface area contributed by atoms with E-state index >= 15 is 0 Å². The minimum atomic E-state index is -0.743. The number of carbonyl (C=O) groups is 1. The summed E-state index contributed by atoms with van der Waals surface area (Å²) in [6.07, 6.45) is 7.52. The monoisotopic (exact) mass is 211 g/mol. The number of hydrogen-bond acceptors (Lipinski definition) is 2. The van der Waals surface area contributed by atoms with Gasteiger partial charge in [-0.15, -0.1) is 0 Å². The van der Waals surface area contributed by atoms with E-state index in [2.05, 4.69) is 11.8 Å².